The van der Waals surface area contributed by atoms with Crippen molar-refractivity contribution in [2.24, 2.45) is 0 Å². The maximum Gasteiger partial charge on any atom is 0.322 e. The Labute approximate surface area is 165 Å². The lowest BCUT2D eigenvalue weighted by atomic mass is 10.1. The van der Waals surface area contributed by atoms with Gasteiger partial charge in [-0.15, -0.1) is 11.3 Å². The average Bonchev–Trinajstić information content (AvgIpc) is 3.07. The summed E-state index contributed by atoms with van der Waals surface area (Å²) in [7, 11) is 0. The minimum absolute atomic E-state index is 0.0664. The minimum Gasteiger partial charge on any atom is -0.319 e. The third-order valence-electron chi connectivity index (χ3n) is 4.41. The largest absolute Gasteiger partial charge is 0.322 e. The number of thiazole rings is 1. The Morgan fingerprint density at radius 2 is 1.88 bits per heavy atom. The minimum atomic E-state index is -0.0664. The van der Waals surface area contributed by atoms with Crippen LogP contribution < -0.4 is 5.32 Å². The molecule has 1 N–H and O–H groups in total. The molecule has 0 saturated heterocycles. The molecule has 0 fully saturated rings. The van der Waals surface area contributed by atoms with Gasteiger partial charge in [-0.2, -0.15) is 0 Å². The fraction of sp³-hybridized carbons (Fsp3) is 0.200. The topological polar surface area (TPSA) is 45.2 Å². The second-order valence-electron chi connectivity index (χ2n) is 6.36. The summed E-state index contributed by atoms with van der Waals surface area (Å²) in [5.74, 6) is 0. The number of benzene rings is 2. The maximum absolute atomic E-state index is 12.6. The lowest BCUT2D eigenvalue weighted by Crippen LogP contribution is -2.38. The summed E-state index contributed by atoms with van der Waals surface area (Å²) in [5.41, 5.74) is 4.30. The van der Waals surface area contributed by atoms with Crippen molar-refractivity contribution in [3.05, 3.63) is 69.1 Å². The van der Waals surface area contributed by atoms with Crippen molar-refractivity contribution in [1.82, 2.24) is 9.88 Å². The van der Waals surface area contributed by atoms with E-state index in [1.54, 1.807) is 11.3 Å². The third-order valence-corrected chi connectivity index (χ3v) is 6.07. The molecular formula is C20H18BrN3OS. The van der Waals surface area contributed by atoms with Crippen LogP contribution in [0.25, 0.3) is 10.6 Å². The standard InChI is InChI=1S/C20H18BrN3OS/c1-13-2-4-14(5-3-13)19-23-17-10-11-24(12-18(17)26-19)20(25)22-16-8-6-15(21)7-9-16/h2-9H,10-12H2,1H3,(H,22,25). The number of carbonyl (C=O) groups is 1. The van der Waals surface area contributed by atoms with Crippen LogP contribution in [0.4, 0.5) is 10.5 Å². The van der Waals surface area contributed by atoms with E-state index in [1.807, 2.05) is 29.2 Å². The molecule has 2 aromatic carbocycles. The Kier molecular flexibility index (Phi) is 4.78. The predicted molar refractivity (Wildman–Crippen MR) is 110 cm³/mol. The van der Waals surface area contributed by atoms with Crippen LogP contribution in [-0.4, -0.2) is 22.5 Å². The summed E-state index contributed by atoms with van der Waals surface area (Å²) in [6, 6.07) is 16.0. The van der Waals surface area contributed by atoms with Gasteiger partial charge in [-0.25, -0.2) is 9.78 Å². The molecule has 2 amide bonds. The summed E-state index contributed by atoms with van der Waals surface area (Å²) in [6.45, 7) is 3.38. The van der Waals surface area contributed by atoms with Gasteiger partial charge in [0, 0.05) is 33.6 Å². The first kappa shape index (κ1) is 17.2. The van der Waals surface area contributed by atoms with E-state index in [2.05, 4.69) is 52.4 Å². The Hall–Kier alpha value is -2.18. The molecule has 2 heterocycles. The SMILES string of the molecule is Cc1ccc(-c2nc3c(s2)CN(C(=O)Nc2ccc(Br)cc2)CC3)cc1. The fourth-order valence-corrected chi connectivity index (χ4v) is 4.32. The number of carbonyl (C=O) groups excluding carboxylic acids is 1. The van der Waals surface area contributed by atoms with Gasteiger partial charge >= 0.3 is 6.03 Å². The molecule has 0 spiro atoms. The normalized spacial score (nSPS) is 13.4. The zero-order chi connectivity index (χ0) is 18.1. The van der Waals surface area contributed by atoms with Gasteiger partial charge in [0.2, 0.25) is 0 Å². The molecule has 132 valence electrons. The van der Waals surface area contributed by atoms with Crippen LogP contribution in [0.15, 0.2) is 53.0 Å². The van der Waals surface area contributed by atoms with E-state index in [-0.39, 0.29) is 6.03 Å². The number of aromatic nitrogens is 1. The number of hydrogen-bond acceptors (Lipinski definition) is 3. The molecule has 1 aromatic heterocycles. The zero-order valence-corrected chi connectivity index (χ0v) is 16.7. The highest BCUT2D eigenvalue weighted by molar-refractivity contribution is 9.10. The quantitative estimate of drug-likeness (QED) is 0.588. The number of rotatable bonds is 2. The van der Waals surface area contributed by atoms with Crippen LogP contribution in [0.3, 0.4) is 0 Å². The van der Waals surface area contributed by atoms with Crippen molar-refractivity contribution in [3.8, 4) is 10.6 Å². The third kappa shape index (κ3) is 3.66. The molecule has 0 bridgehead atoms. The van der Waals surface area contributed by atoms with E-state index in [1.165, 1.54) is 10.4 Å². The lowest BCUT2D eigenvalue weighted by Gasteiger charge is -2.26. The summed E-state index contributed by atoms with van der Waals surface area (Å²) in [5, 5.41) is 4.00. The van der Waals surface area contributed by atoms with E-state index in [9.17, 15) is 4.79 Å². The number of nitrogens with zero attached hydrogens (tertiary/aromatic N) is 2. The van der Waals surface area contributed by atoms with Gasteiger partial charge < -0.3 is 10.2 Å². The van der Waals surface area contributed by atoms with Crippen LogP contribution in [0.2, 0.25) is 0 Å². The zero-order valence-electron chi connectivity index (χ0n) is 14.3. The molecule has 3 aromatic rings. The van der Waals surface area contributed by atoms with Crippen LogP contribution in [-0.2, 0) is 13.0 Å². The average molecular weight is 428 g/mol. The van der Waals surface area contributed by atoms with Crippen molar-refractivity contribution < 1.29 is 4.79 Å². The lowest BCUT2D eigenvalue weighted by molar-refractivity contribution is 0.207. The Balaban J connectivity index is 1.48. The van der Waals surface area contributed by atoms with Crippen molar-refractivity contribution in [2.75, 3.05) is 11.9 Å². The van der Waals surface area contributed by atoms with E-state index < -0.39 is 0 Å². The molecular weight excluding hydrogens is 410 g/mol. The van der Waals surface area contributed by atoms with Gasteiger partial charge in [0.25, 0.3) is 0 Å². The number of halogens is 1. The van der Waals surface area contributed by atoms with Crippen molar-refractivity contribution in [1.29, 1.82) is 0 Å². The second kappa shape index (κ2) is 7.21. The van der Waals surface area contributed by atoms with Gasteiger partial charge in [-0.1, -0.05) is 45.8 Å². The number of nitrogens with one attached hydrogen (secondary N) is 1. The van der Waals surface area contributed by atoms with Gasteiger partial charge in [-0.3, -0.25) is 0 Å². The summed E-state index contributed by atoms with van der Waals surface area (Å²) >= 11 is 5.09. The molecule has 4 rings (SSSR count). The number of anilines is 1. The highest BCUT2D eigenvalue weighted by Crippen LogP contribution is 2.32. The molecule has 0 saturated carbocycles. The number of aryl methyl sites for hydroxylation is 1. The fourth-order valence-electron chi connectivity index (χ4n) is 2.92. The summed E-state index contributed by atoms with van der Waals surface area (Å²) < 4.78 is 0.992. The second-order valence-corrected chi connectivity index (χ2v) is 8.36. The predicted octanol–water partition coefficient (Wildman–Crippen LogP) is 5.47. The summed E-state index contributed by atoms with van der Waals surface area (Å²) in [4.78, 5) is 20.4. The van der Waals surface area contributed by atoms with Crippen LogP contribution >= 0.6 is 27.3 Å². The molecule has 1 aliphatic heterocycles. The first-order valence-electron chi connectivity index (χ1n) is 8.45. The number of hydrogen-bond donors (Lipinski definition) is 1. The molecule has 4 nitrogen and oxygen atoms in total. The molecule has 0 aliphatic carbocycles. The monoisotopic (exact) mass is 427 g/mol. The summed E-state index contributed by atoms with van der Waals surface area (Å²) in [6.07, 6.45) is 0.797. The van der Waals surface area contributed by atoms with Crippen molar-refractivity contribution in [2.45, 2.75) is 19.9 Å². The molecule has 0 unspecified atom stereocenters. The highest BCUT2D eigenvalue weighted by atomic mass is 79.9. The van der Waals surface area contributed by atoms with Crippen LogP contribution in [0.5, 0.6) is 0 Å². The number of amides is 2. The van der Waals surface area contributed by atoms with E-state index in [4.69, 9.17) is 4.98 Å². The van der Waals surface area contributed by atoms with Crippen LogP contribution in [0.1, 0.15) is 16.1 Å². The highest BCUT2D eigenvalue weighted by Gasteiger charge is 2.24. The first-order valence-corrected chi connectivity index (χ1v) is 10.1. The van der Waals surface area contributed by atoms with E-state index in [0.29, 0.717) is 13.1 Å². The molecule has 0 radical (unpaired) electrons. The number of fused-ring (bicyclic) bond motifs is 1. The number of urea groups is 1. The smallest absolute Gasteiger partial charge is 0.319 e. The Bertz CT molecular complexity index is 935. The van der Waals surface area contributed by atoms with Crippen molar-refractivity contribution >= 4 is 39.0 Å². The Morgan fingerprint density at radius 3 is 2.62 bits per heavy atom. The molecule has 0 atom stereocenters. The van der Waals surface area contributed by atoms with E-state index in [0.717, 1.165) is 32.8 Å². The van der Waals surface area contributed by atoms with E-state index >= 15 is 0 Å². The Morgan fingerprint density at radius 1 is 1.15 bits per heavy atom. The van der Waals surface area contributed by atoms with Gasteiger partial charge in [0.05, 0.1) is 12.2 Å². The van der Waals surface area contributed by atoms with Gasteiger partial charge in [-0.05, 0) is 31.2 Å². The molecule has 6 heteroatoms. The molecule has 1 aliphatic rings. The van der Waals surface area contributed by atoms with Crippen molar-refractivity contribution in [3.63, 3.8) is 0 Å². The maximum atomic E-state index is 12.6. The van der Waals surface area contributed by atoms with Gasteiger partial charge in [0.1, 0.15) is 5.01 Å². The van der Waals surface area contributed by atoms with Crippen LogP contribution in [0, 0.1) is 6.92 Å². The van der Waals surface area contributed by atoms with Gasteiger partial charge in [0.15, 0.2) is 0 Å². The first-order chi connectivity index (χ1) is 12.6. The molecule has 26 heavy (non-hydrogen) atoms.